The van der Waals surface area contributed by atoms with Crippen LogP contribution in [-0.2, 0) is 4.74 Å². The second-order valence-corrected chi connectivity index (χ2v) is 2.92. The molecule has 1 fully saturated rings. The topological polar surface area (TPSA) is 64.4 Å². The first-order chi connectivity index (χ1) is 6.31. The SMILES string of the molecule is COC(=O)c1coc(C2CNC2)n1. The van der Waals surface area contributed by atoms with Crippen LogP contribution in [-0.4, -0.2) is 31.2 Å². The van der Waals surface area contributed by atoms with E-state index in [2.05, 4.69) is 15.0 Å². The van der Waals surface area contributed by atoms with Crippen LogP contribution in [0.2, 0.25) is 0 Å². The fraction of sp³-hybridized carbons (Fsp3) is 0.500. The van der Waals surface area contributed by atoms with Crippen molar-refractivity contribution >= 4 is 5.97 Å². The largest absolute Gasteiger partial charge is 0.464 e. The number of nitrogens with one attached hydrogen (secondary N) is 1. The van der Waals surface area contributed by atoms with Crippen LogP contribution in [0.4, 0.5) is 0 Å². The average Bonchev–Trinajstić information content (AvgIpc) is 2.49. The molecule has 1 aliphatic rings. The Bertz CT molecular complexity index is 317. The number of aromatic nitrogens is 1. The first-order valence-electron chi connectivity index (χ1n) is 4.05. The molecule has 0 amide bonds. The van der Waals surface area contributed by atoms with Crippen LogP contribution in [0.15, 0.2) is 10.7 Å². The van der Waals surface area contributed by atoms with Gasteiger partial charge >= 0.3 is 5.97 Å². The molecule has 13 heavy (non-hydrogen) atoms. The zero-order valence-corrected chi connectivity index (χ0v) is 7.24. The maximum Gasteiger partial charge on any atom is 0.360 e. The summed E-state index contributed by atoms with van der Waals surface area (Å²) in [6.07, 6.45) is 1.33. The number of hydrogen-bond acceptors (Lipinski definition) is 5. The standard InChI is InChI=1S/C8H10N2O3/c1-12-8(11)6-4-13-7(10-6)5-2-9-3-5/h4-5,9H,2-3H2,1H3. The molecular weight excluding hydrogens is 172 g/mol. The molecule has 0 atom stereocenters. The Morgan fingerprint density at radius 1 is 1.77 bits per heavy atom. The van der Waals surface area contributed by atoms with Crippen molar-refractivity contribution in [3.8, 4) is 0 Å². The zero-order valence-electron chi connectivity index (χ0n) is 7.24. The first-order valence-corrected chi connectivity index (χ1v) is 4.05. The third kappa shape index (κ3) is 1.42. The number of esters is 1. The van der Waals surface area contributed by atoms with Gasteiger partial charge in [-0.05, 0) is 0 Å². The summed E-state index contributed by atoms with van der Waals surface area (Å²) >= 11 is 0. The molecule has 2 heterocycles. The fourth-order valence-corrected chi connectivity index (χ4v) is 1.14. The molecule has 1 aromatic heterocycles. The van der Waals surface area contributed by atoms with Gasteiger partial charge in [0.05, 0.1) is 13.0 Å². The van der Waals surface area contributed by atoms with Gasteiger partial charge in [0.1, 0.15) is 6.26 Å². The summed E-state index contributed by atoms with van der Waals surface area (Å²) in [7, 11) is 1.32. The number of ether oxygens (including phenoxy) is 1. The molecule has 0 saturated carbocycles. The molecule has 1 saturated heterocycles. The van der Waals surface area contributed by atoms with Gasteiger partial charge < -0.3 is 14.5 Å². The Balaban J connectivity index is 2.12. The minimum absolute atomic E-state index is 0.240. The van der Waals surface area contributed by atoms with Crippen LogP contribution in [0, 0.1) is 0 Å². The lowest BCUT2D eigenvalue weighted by atomic mass is 10.0. The number of carbonyl (C=O) groups excluding carboxylic acids is 1. The van der Waals surface area contributed by atoms with E-state index in [-0.39, 0.29) is 5.69 Å². The predicted molar refractivity (Wildman–Crippen MR) is 43.5 cm³/mol. The quantitative estimate of drug-likeness (QED) is 0.659. The van der Waals surface area contributed by atoms with E-state index in [0.29, 0.717) is 11.8 Å². The van der Waals surface area contributed by atoms with Crippen molar-refractivity contribution in [1.29, 1.82) is 0 Å². The van der Waals surface area contributed by atoms with E-state index in [4.69, 9.17) is 4.42 Å². The molecule has 5 nitrogen and oxygen atoms in total. The minimum atomic E-state index is -0.456. The normalized spacial score (nSPS) is 16.7. The Kier molecular flexibility index (Phi) is 2.02. The molecule has 0 bridgehead atoms. The van der Waals surface area contributed by atoms with E-state index in [1.165, 1.54) is 13.4 Å². The number of methoxy groups -OCH3 is 1. The first kappa shape index (κ1) is 8.25. The number of nitrogens with zero attached hydrogens (tertiary/aromatic N) is 1. The van der Waals surface area contributed by atoms with Gasteiger partial charge in [-0.25, -0.2) is 9.78 Å². The van der Waals surface area contributed by atoms with Crippen molar-refractivity contribution in [2.24, 2.45) is 0 Å². The number of oxazole rings is 1. The van der Waals surface area contributed by atoms with E-state index in [0.717, 1.165) is 13.1 Å². The second-order valence-electron chi connectivity index (χ2n) is 2.92. The average molecular weight is 182 g/mol. The summed E-state index contributed by atoms with van der Waals surface area (Å²) in [6.45, 7) is 1.72. The number of hydrogen-bond donors (Lipinski definition) is 1. The Morgan fingerprint density at radius 3 is 3.08 bits per heavy atom. The van der Waals surface area contributed by atoms with Gasteiger partial charge in [-0.1, -0.05) is 0 Å². The monoisotopic (exact) mass is 182 g/mol. The van der Waals surface area contributed by atoms with Crippen LogP contribution in [0.5, 0.6) is 0 Å². The van der Waals surface area contributed by atoms with E-state index < -0.39 is 5.97 Å². The highest BCUT2D eigenvalue weighted by Gasteiger charge is 2.25. The summed E-state index contributed by atoms with van der Waals surface area (Å²) in [4.78, 5) is 15.0. The van der Waals surface area contributed by atoms with E-state index in [1.54, 1.807) is 0 Å². The third-order valence-electron chi connectivity index (χ3n) is 2.05. The van der Waals surface area contributed by atoms with E-state index >= 15 is 0 Å². The zero-order chi connectivity index (χ0) is 9.26. The molecule has 1 aliphatic heterocycles. The maximum atomic E-state index is 11.0. The third-order valence-corrected chi connectivity index (χ3v) is 2.05. The van der Waals surface area contributed by atoms with Crippen LogP contribution >= 0.6 is 0 Å². The Labute approximate surface area is 75.1 Å². The molecule has 5 heteroatoms. The van der Waals surface area contributed by atoms with E-state index in [1.807, 2.05) is 0 Å². The van der Waals surface area contributed by atoms with Crippen LogP contribution in [0.1, 0.15) is 22.3 Å². The molecule has 0 aromatic carbocycles. The highest BCUT2D eigenvalue weighted by molar-refractivity contribution is 5.86. The summed E-state index contributed by atoms with van der Waals surface area (Å²) in [5.74, 6) is 0.458. The molecular formula is C8H10N2O3. The molecule has 1 N–H and O–H groups in total. The van der Waals surface area contributed by atoms with Crippen molar-refractivity contribution in [1.82, 2.24) is 10.3 Å². The Hall–Kier alpha value is -1.36. The predicted octanol–water partition coefficient (Wildman–Crippen LogP) is 0.148. The van der Waals surface area contributed by atoms with Crippen LogP contribution < -0.4 is 5.32 Å². The molecule has 0 unspecified atom stereocenters. The van der Waals surface area contributed by atoms with Gasteiger partial charge in [-0.15, -0.1) is 0 Å². The summed E-state index contributed by atoms with van der Waals surface area (Å²) in [5.41, 5.74) is 0.240. The molecule has 0 radical (unpaired) electrons. The lowest BCUT2D eigenvalue weighted by molar-refractivity contribution is 0.0594. The molecule has 1 aromatic rings. The van der Waals surface area contributed by atoms with Gasteiger partial charge in [0.15, 0.2) is 11.6 Å². The lowest BCUT2D eigenvalue weighted by Crippen LogP contribution is -2.40. The minimum Gasteiger partial charge on any atom is -0.464 e. The lowest BCUT2D eigenvalue weighted by Gasteiger charge is -2.23. The second kappa shape index (κ2) is 3.18. The summed E-state index contributed by atoms with van der Waals surface area (Å²) in [6, 6.07) is 0. The van der Waals surface area contributed by atoms with Crippen molar-refractivity contribution in [3.05, 3.63) is 17.8 Å². The Morgan fingerprint density at radius 2 is 2.54 bits per heavy atom. The van der Waals surface area contributed by atoms with Crippen molar-refractivity contribution in [2.75, 3.05) is 20.2 Å². The number of rotatable bonds is 2. The molecule has 0 spiro atoms. The van der Waals surface area contributed by atoms with Gasteiger partial charge in [-0.2, -0.15) is 0 Å². The van der Waals surface area contributed by atoms with Gasteiger partial charge in [0, 0.05) is 13.1 Å². The van der Waals surface area contributed by atoms with Crippen LogP contribution in [0.25, 0.3) is 0 Å². The maximum absolute atomic E-state index is 11.0. The highest BCUT2D eigenvalue weighted by atomic mass is 16.5. The van der Waals surface area contributed by atoms with Gasteiger partial charge in [-0.3, -0.25) is 0 Å². The summed E-state index contributed by atoms with van der Waals surface area (Å²) in [5, 5.41) is 3.10. The van der Waals surface area contributed by atoms with Crippen molar-refractivity contribution in [3.63, 3.8) is 0 Å². The van der Waals surface area contributed by atoms with Gasteiger partial charge in [0.2, 0.25) is 0 Å². The number of carbonyl (C=O) groups is 1. The fourth-order valence-electron chi connectivity index (χ4n) is 1.14. The molecule has 70 valence electrons. The van der Waals surface area contributed by atoms with Crippen molar-refractivity contribution in [2.45, 2.75) is 5.92 Å². The molecule has 0 aliphatic carbocycles. The van der Waals surface area contributed by atoms with Crippen molar-refractivity contribution < 1.29 is 13.9 Å². The van der Waals surface area contributed by atoms with Gasteiger partial charge in [0.25, 0.3) is 0 Å². The van der Waals surface area contributed by atoms with Crippen LogP contribution in [0.3, 0.4) is 0 Å². The summed E-state index contributed by atoms with van der Waals surface area (Å²) < 4.78 is 9.64. The molecule has 2 rings (SSSR count). The highest BCUT2D eigenvalue weighted by Crippen LogP contribution is 2.18. The smallest absolute Gasteiger partial charge is 0.360 e. The van der Waals surface area contributed by atoms with E-state index in [9.17, 15) is 4.79 Å².